The van der Waals surface area contributed by atoms with E-state index in [9.17, 15) is 9.59 Å². The first-order chi connectivity index (χ1) is 10.6. The molecule has 1 aliphatic rings. The lowest BCUT2D eigenvalue weighted by Crippen LogP contribution is -2.10. The van der Waals surface area contributed by atoms with Gasteiger partial charge < -0.3 is 4.74 Å². The van der Waals surface area contributed by atoms with E-state index in [1.165, 1.54) is 38.4 Å². The van der Waals surface area contributed by atoms with Crippen molar-refractivity contribution in [2.75, 3.05) is 7.11 Å². The molecule has 2 rings (SSSR count). The number of benzene rings is 1. The molecule has 0 bridgehead atoms. The molecule has 0 saturated heterocycles. The predicted molar refractivity (Wildman–Crippen MR) is 85.6 cm³/mol. The highest BCUT2D eigenvalue weighted by Gasteiger charge is 2.19. The van der Waals surface area contributed by atoms with Crippen LogP contribution in [0.2, 0.25) is 0 Å². The van der Waals surface area contributed by atoms with Crippen LogP contribution in [0.25, 0.3) is 0 Å². The molecule has 4 heteroatoms. The highest BCUT2D eigenvalue weighted by molar-refractivity contribution is 6.09. The van der Waals surface area contributed by atoms with Gasteiger partial charge in [-0.1, -0.05) is 44.0 Å². The van der Waals surface area contributed by atoms with Gasteiger partial charge in [-0.2, -0.15) is 0 Å². The number of hydrogen-bond donors (Lipinski definition) is 0. The number of amides is 1. The number of carbonyl (C=O) groups is 2. The van der Waals surface area contributed by atoms with Gasteiger partial charge in [0.15, 0.2) is 5.78 Å². The number of ketones is 1. The fourth-order valence-corrected chi connectivity index (χ4v) is 2.79. The fraction of sp³-hybridized carbons (Fsp3) is 0.444. The fourth-order valence-electron chi connectivity index (χ4n) is 2.79. The molecule has 0 atom stereocenters. The van der Waals surface area contributed by atoms with E-state index in [0.717, 1.165) is 12.0 Å². The quantitative estimate of drug-likeness (QED) is 0.478. The molecule has 22 heavy (non-hydrogen) atoms. The Morgan fingerprint density at radius 1 is 1.18 bits per heavy atom. The summed E-state index contributed by atoms with van der Waals surface area (Å²) in [7, 11) is 1.22. The minimum Gasteiger partial charge on any atom is -0.451 e. The summed E-state index contributed by atoms with van der Waals surface area (Å²) in [4.78, 5) is 26.0. The number of aliphatic imine (C=N–C) groups is 1. The van der Waals surface area contributed by atoms with Crippen LogP contribution in [0.4, 0.5) is 4.79 Å². The van der Waals surface area contributed by atoms with Crippen molar-refractivity contribution in [3.05, 3.63) is 41.5 Å². The van der Waals surface area contributed by atoms with Gasteiger partial charge in [0.05, 0.1) is 7.11 Å². The molecule has 4 nitrogen and oxygen atoms in total. The molecule has 0 unspecified atom stereocenters. The molecule has 0 aliphatic heterocycles. The maximum atomic E-state index is 11.9. The van der Waals surface area contributed by atoms with Crippen molar-refractivity contribution in [1.82, 2.24) is 0 Å². The summed E-state index contributed by atoms with van der Waals surface area (Å²) in [5.74, 6) is 3.51. The molecule has 0 spiro atoms. The summed E-state index contributed by atoms with van der Waals surface area (Å²) in [5.41, 5.74) is 1.87. The monoisotopic (exact) mass is 299 g/mol. The van der Waals surface area contributed by atoms with Crippen LogP contribution in [-0.2, 0) is 4.74 Å². The van der Waals surface area contributed by atoms with Crippen LogP contribution in [0.1, 0.15) is 54.4 Å². The lowest BCUT2D eigenvalue weighted by molar-refractivity contribution is 0.104. The minimum absolute atomic E-state index is 0.225. The van der Waals surface area contributed by atoms with Crippen molar-refractivity contribution in [1.29, 1.82) is 0 Å². The van der Waals surface area contributed by atoms with E-state index in [2.05, 4.69) is 22.5 Å². The Morgan fingerprint density at radius 3 is 2.41 bits per heavy atom. The van der Waals surface area contributed by atoms with E-state index < -0.39 is 6.09 Å². The zero-order chi connectivity index (χ0) is 15.9. The van der Waals surface area contributed by atoms with Gasteiger partial charge in [0.1, 0.15) is 0 Å². The van der Waals surface area contributed by atoms with Gasteiger partial charge in [-0.05, 0) is 36.1 Å². The average molecular weight is 299 g/mol. The van der Waals surface area contributed by atoms with Crippen molar-refractivity contribution in [3.63, 3.8) is 0 Å². The zero-order valence-electron chi connectivity index (χ0n) is 13.0. The maximum absolute atomic E-state index is 11.9. The van der Waals surface area contributed by atoms with Crippen molar-refractivity contribution in [3.8, 4) is 0 Å². The van der Waals surface area contributed by atoms with E-state index in [-0.39, 0.29) is 5.78 Å². The van der Waals surface area contributed by atoms with Crippen molar-refractivity contribution >= 4 is 17.7 Å². The summed E-state index contributed by atoms with van der Waals surface area (Å²) in [6, 6.07) is 7.70. The number of ether oxygens (including phenoxy) is 1. The van der Waals surface area contributed by atoms with Crippen LogP contribution in [-0.4, -0.2) is 24.9 Å². The Bertz CT molecular complexity index is 589. The molecule has 0 N–H and O–H groups in total. The number of carbonyl (C=O) groups excluding carboxylic acids is 2. The van der Waals surface area contributed by atoms with Crippen LogP contribution >= 0.6 is 0 Å². The van der Waals surface area contributed by atoms with E-state index in [1.54, 1.807) is 0 Å². The Morgan fingerprint density at radius 2 is 1.82 bits per heavy atom. The zero-order valence-corrected chi connectivity index (χ0v) is 13.0. The Kier molecular flexibility index (Phi) is 5.68. The SMILES string of the molecule is COC(=O)N=C=CC(=O)c1ccc(C2CCC(C)CC2)cc1. The number of rotatable bonds is 3. The molecular formula is C18H21NO3. The predicted octanol–water partition coefficient (Wildman–Crippen LogP) is 4.16. The Hall–Kier alpha value is -2.19. The maximum Gasteiger partial charge on any atom is 0.441 e. The van der Waals surface area contributed by atoms with Crippen molar-refractivity contribution < 1.29 is 14.3 Å². The van der Waals surface area contributed by atoms with E-state index in [1.807, 2.05) is 24.3 Å². The molecule has 1 aliphatic carbocycles. The minimum atomic E-state index is -0.772. The lowest BCUT2D eigenvalue weighted by Gasteiger charge is -2.26. The van der Waals surface area contributed by atoms with Gasteiger partial charge in [-0.25, -0.2) is 4.79 Å². The van der Waals surface area contributed by atoms with Crippen LogP contribution in [0, 0.1) is 5.92 Å². The molecule has 1 fully saturated rings. The summed E-state index contributed by atoms with van der Waals surface area (Å²) < 4.78 is 4.33. The highest BCUT2D eigenvalue weighted by atomic mass is 16.5. The van der Waals surface area contributed by atoms with E-state index in [0.29, 0.717) is 11.5 Å². The third kappa shape index (κ3) is 4.40. The normalized spacial score (nSPS) is 20.6. The first-order valence-corrected chi connectivity index (χ1v) is 7.62. The van der Waals surface area contributed by atoms with Gasteiger partial charge in [0.2, 0.25) is 0 Å². The summed E-state index contributed by atoms with van der Waals surface area (Å²) >= 11 is 0. The topological polar surface area (TPSA) is 55.7 Å². The van der Waals surface area contributed by atoms with Gasteiger partial charge in [-0.15, -0.1) is 4.99 Å². The molecule has 116 valence electrons. The first-order valence-electron chi connectivity index (χ1n) is 7.62. The lowest BCUT2D eigenvalue weighted by atomic mass is 9.79. The van der Waals surface area contributed by atoms with Crippen LogP contribution < -0.4 is 0 Å². The smallest absolute Gasteiger partial charge is 0.441 e. The summed E-state index contributed by atoms with van der Waals surface area (Å²) in [6.07, 6.45) is 5.37. The number of allylic oxidation sites excluding steroid dienone is 1. The number of methoxy groups -OCH3 is 1. The van der Waals surface area contributed by atoms with Crippen LogP contribution in [0.5, 0.6) is 0 Å². The van der Waals surface area contributed by atoms with Gasteiger partial charge in [0, 0.05) is 11.6 Å². The molecular weight excluding hydrogens is 278 g/mol. The highest BCUT2D eigenvalue weighted by Crippen LogP contribution is 2.35. The van der Waals surface area contributed by atoms with Gasteiger partial charge in [0.25, 0.3) is 0 Å². The molecule has 1 aromatic carbocycles. The number of hydrogen-bond acceptors (Lipinski definition) is 3. The molecule has 1 amide bonds. The van der Waals surface area contributed by atoms with E-state index in [4.69, 9.17) is 0 Å². The molecule has 0 radical (unpaired) electrons. The second kappa shape index (κ2) is 7.71. The largest absolute Gasteiger partial charge is 0.451 e. The second-order valence-corrected chi connectivity index (χ2v) is 5.80. The molecule has 1 aromatic rings. The standard InChI is InChI=1S/C18H21NO3/c1-13-3-5-14(6-4-13)15-7-9-16(10-8-15)17(20)11-12-19-18(21)22-2/h7-11,13-14H,3-6H2,1-2H3. The molecule has 0 aromatic heterocycles. The summed E-state index contributed by atoms with van der Waals surface area (Å²) in [5, 5.41) is 0. The molecule has 1 saturated carbocycles. The van der Waals surface area contributed by atoms with Crippen LogP contribution in [0.15, 0.2) is 35.3 Å². The molecule has 0 heterocycles. The second-order valence-electron chi connectivity index (χ2n) is 5.80. The number of nitrogens with zero attached hydrogens (tertiary/aromatic N) is 1. The Balaban J connectivity index is 2.01. The third-order valence-electron chi connectivity index (χ3n) is 4.21. The first kappa shape index (κ1) is 16.2. The van der Waals surface area contributed by atoms with E-state index >= 15 is 0 Å². The van der Waals surface area contributed by atoms with Gasteiger partial charge in [-0.3, -0.25) is 4.79 Å². The Labute approximate surface area is 130 Å². The van der Waals surface area contributed by atoms with Crippen LogP contribution in [0.3, 0.4) is 0 Å². The average Bonchev–Trinajstić information content (AvgIpc) is 2.55. The van der Waals surface area contributed by atoms with Crippen molar-refractivity contribution in [2.24, 2.45) is 10.9 Å². The van der Waals surface area contributed by atoms with Gasteiger partial charge >= 0.3 is 6.09 Å². The third-order valence-corrected chi connectivity index (χ3v) is 4.21. The van der Waals surface area contributed by atoms with Crippen molar-refractivity contribution in [2.45, 2.75) is 38.5 Å². The summed E-state index contributed by atoms with van der Waals surface area (Å²) in [6.45, 7) is 2.31.